The fourth-order valence-electron chi connectivity index (χ4n) is 4.01. The van der Waals surface area contributed by atoms with E-state index in [2.05, 4.69) is 5.10 Å². The van der Waals surface area contributed by atoms with E-state index in [1.807, 2.05) is 76.1 Å². The minimum Gasteiger partial charge on any atom is -0.284 e. The molecule has 0 aliphatic heterocycles. The van der Waals surface area contributed by atoms with Gasteiger partial charge in [0, 0.05) is 18.0 Å². The molecule has 5 rings (SSSR count). The molecule has 1 aliphatic carbocycles. The van der Waals surface area contributed by atoms with E-state index in [0.29, 0.717) is 11.1 Å². The number of para-hydroxylation sites is 2. The van der Waals surface area contributed by atoms with Gasteiger partial charge >= 0.3 is 0 Å². The van der Waals surface area contributed by atoms with Crippen LogP contribution in [-0.4, -0.2) is 19.3 Å². The van der Waals surface area contributed by atoms with E-state index in [4.69, 9.17) is 4.98 Å². The minimum absolute atomic E-state index is 0.0832. The fourth-order valence-corrected chi connectivity index (χ4v) is 4.98. The molecule has 2 heterocycles. The third-order valence-electron chi connectivity index (χ3n) is 5.48. The highest BCUT2D eigenvalue weighted by Crippen LogP contribution is 2.33. The maximum absolute atomic E-state index is 13.2. The first-order valence-corrected chi connectivity index (χ1v) is 11.0. The molecule has 1 aliphatic rings. The summed E-state index contributed by atoms with van der Waals surface area (Å²) in [6, 6.07) is 20.0. The first-order chi connectivity index (χ1) is 14.3. The zero-order valence-corrected chi connectivity index (χ0v) is 16.9. The van der Waals surface area contributed by atoms with Crippen LogP contribution in [0.1, 0.15) is 37.4 Å². The Hall–Kier alpha value is -2.86. The van der Waals surface area contributed by atoms with Gasteiger partial charge in [0.15, 0.2) is 5.16 Å². The lowest BCUT2D eigenvalue weighted by atomic mass is 10.2. The number of rotatable bonds is 5. The van der Waals surface area contributed by atoms with Gasteiger partial charge in [-0.3, -0.25) is 9.36 Å². The van der Waals surface area contributed by atoms with Gasteiger partial charge in [0.05, 0.1) is 22.3 Å². The molecule has 4 aromatic rings. The van der Waals surface area contributed by atoms with Gasteiger partial charge in [0.2, 0.25) is 0 Å². The summed E-state index contributed by atoms with van der Waals surface area (Å²) >= 11 is 1.60. The fraction of sp³-hybridized carbons (Fsp3) is 0.261. The van der Waals surface area contributed by atoms with Crippen molar-refractivity contribution in [1.82, 2.24) is 19.3 Å². The van der Waals surface area contributed by atoms with Crippen molar-refractivity contribution < 1.29 is 0 Å². The normalized spacial score (nSPS) is 14.6. The Kier molecular flexibility index (Phi) is 4.94. The Morgan fingerprint density at radius 3 is 2.55 bits per heavy atom. The third kappa shape index (κ3) is 3.60. The lowest BCUT2D eigenvalue weighted by Crippen LogP contribution is -2.26. The highest BCUT2D eigenvalue weighted by Gasteiger charge is 2.23. The van der Waals surface area contributed by atoms with Crippen LogP contribution in [0.2, 0.25) is 0 Å². The van der Waals surface area contributed by atoms with Gasteiger partial charge in [-0.2, -0.15) is 5.10 Å². The summed E-state index contributed by atoms with van der Waals surface area (Å²) in [6.45, 7) is 0. The van der Waals surface area contributed by atoms with Crippen molar-refractivity contribution in [2.45, 2.75) is 42.6 Å². The van der Waals surface area contributed by atoms with Crippen LogP contribution in [0.5, 0.6) is 0 Å². The van der Waals surface area contributed by atoms with E-state index in [1.54, 1.807) is 11.8 Å². The Morgan fingerprint density at radius 1 is 0.966 bits per heavy atom. The summed E-state index contributed by atoms with van der Waals surface area (Å²) in [5.41, 5.74) is 2.86. The SMILES string of the molecule is O=c1c2ccccc2nc(SCc2ccn(-c3ccccc3)n2)n1C1CCCC1. The molecule has 0 bridgehead atoms. The Balaban J connectivity index is 1.46. The Bertz CT molecular complexity index is 1190. The van der Waals surface area contributed by atoms with Crippen LogP contribution < -0.4 is 5.56 Å². The molecule has 1 fully saturated rings. The van der Waals surface area contributed by atoms with Crippen molar-refractivity contribution >= 4 is 22.7 Å². The molecule has 2 aromatic carbocycles. The van der Waals surface area contributed by atoms with E-state index >= 15 is 0 Å². The second-order valence-electron chi connectivity index (χ2n) is 7.40. The van der Waals surface area contributed by atoms with E-state index in [0.717, 1.165) is 34.9 Å². The number of aromatic nitrogens is 4. The maximum atomic E-state index is 13.2. The summed E-state index contributed by atoms with van der Waals surface area (Å²) in [5.74, 6) is 0.678. The van der Waals surface area contributed by atoms with Gasteiger partial charge in [-0.25, -0.2) is 9.67 Å². The Labute approximate surface area is 173 Å². The minimum atomic E-state index is 0.0832. The molecule has 0 N–H and O–H groups in total. The molecule has 2 aromatic heterocycles. The predicted octanol–water partition coefficient (Wildman–Crippen LogP) is 4.99. The quantitative estimate of drug-likeness (QED) is 0.349. The first kappa shape index (κ1) is 18.2. The summed E-state index contributed by atoms with van der Waals surface area (Å²) in [6.07, 6.45) is 6.43. The molecule has 5 nitrogen and oxygen atoms in total. The zero-order valence-electron chi connectivity index (χ0n) is 16.1. The van der Waals surface area contributed by atoms with Crippen LogP contribution in [0, 0.1) is 0 Å². The van der Waals surface area contributed by atoms with E-state index in [9.17, 15) is 4.79 Å². The summed E-state index contributed by atoms with van der Waals surface area (Å²) in [7, 11) is 0. The van der Waals surface area contributed by atoms with Gasteiger partial charge < -0.3 is 0 Å². The van der Waals surface area contributed by atoms with Crippen LogP contribution >= 0.6 is 11.8 Å². The largest absolute Gasteiger partial charge is 0.284 e. The van der Waals surface area contributed by atoms with Crippen LogP contribution in [0.25, 0.3) is 16.6 Å². The highest BCUT2D eigenvalue weighted by atomic mass is 32.2. The Morgan fingerprint density at radius 2 is 1.72 bits per heavy atom. The number of nitrogens with zero attached hydrogens (tertiary/aromatic N) is 4. The average molecular weight is 403 g/mol. The topological polar surface area (TPSA) is 52.7 Å². The molecule has 29 heavy (non-hydrogen) atoms. The molecule has 0 radical (unpaired) electrons. The van der Waals surface area contributed by atoms with Gasteiger partial charge in [-0.05, 0) is 43.2 Å². The van der Waals surface area contributed by atoms with E-state index in [1.165, 1.54) is 12.8 Å². The van der Waals surface area contributed by atoms with Crippen molar-refractivity contribution in [2.75, 3.05) is 0 Å². The van der Waals surface area contributed by atoms with E-state index < -0.39 is 0 Å². The predicted molar refractivity (Wildman–Crippen MR) is 117 cm³/mol. The van der Waals surface area contributed by atoms with Crippen molar-refractivity contribution in [2.24, 2.45) is 0 Å². The number of benzene rings is 2. The standard InChI is InChI=1S/C23H22N4OS/c28-22-20-12-6-7-13-21(20)24-23(27(22)19-10-4-5-11-19)29-16-17-14-15-26(25-17)18-8-2-1-3-9-18/h1-3,6-9,12-15,19H,4-5,10-11,16H2. The molecule has 1 saturated carbocycles. The molecular weight excluding hydrogens is 380 g/mol. The molecule has 0 unspecified atom stereocenters. The second kappa shape index (κ2) is 7.87. The average Bonchev–Trinajstić information content (AvgIpc) is 3.45. The first-order valence-electron chi connectivity index (χ1n) is 10.0. The molecule has 0 spiro atoms. The molecule has 0 saturated heterocycles. The molecule has 6 heteroatoms. The van der Waals surface area contributed by atoms with Crippen LogP contribution in [-0.2, 0) is 5.75 Å². The summed E-state index contributed by atoms with van der Waals surface area (Å²) < 4.78 is 3.82. The number of fused-ring (bicyclic) bond motifs is 1. The number of hydrogen-bond acceptors (Lipinski definition) is 4. The van der Waals surface area contributed by atoms with Crippen LogP contribution in [0.3, 0.4) is 0 Å². The highest BCUT2D eigenvalue weighted by molar-refractivity contribution is 7.98. The van der Waals surface area contributed by atoms with Crippen molar-refractivity contribution in [3.8, 4) is 5.69 Å². The van der Waals surface area contributed by atoms with Gasteiger partial charge in [0.25, 0.3) is 5.56 Å². The van der Waals surface area contributed by atoms with Gasteiger partial charge in [-0.1, -0.05) is 54.9 Å². The van der Waals surface area contributed by atoms with E-state index in [-0.39, 0.29) is 11.6 Å². The number of hydrogen-bond donors (Lipinski definition) is 0. The van der Waals surface area contributed by atoms with Crippen molar-refractivity contribution in [1.29, 1.82) is 0 Å². The third-order valence-corrected chi connectivity index (χ3v) is 6.47. The lowest BCUT2D eigenvalue weighted by molar-refractivity contribution is 0.457. The molecular formula is C23H22N4OS. The smallest absolute Gasteiger partial charge is 0.262 e. The summed E-state index contributed by atoms with van der Waals surface area (Å²) in [4.78, 5) is 18.1. The maximum Gasteiger partial charge on any atom is 0.262 e. The number of thioether (sulfide) groups is 1. The lowest BCUT2D eigenvalue weighted by Gasteiger charge is -2.18. The molecule has 0 atom stereocenters. The summed E-state index contributed by atoms with van der Waals surface area (Å²) in [5, 5.41) is 6.19. The van der Waals surface area contributed by atoms with Gasteiger partial charge in [-0.15, -0.1) is 0 Å². The van der Waals surface area contributed by atoms with Crippen LogP contribution in [0.4, 0.5) is 0 Å². The zero-order chi connectivity index (χ0) is 19.6. The van der Waals surface area contributed by atoms with Crippen LogP contribution in [0.15, 0.2) is 76.8 Å². The molecule has 146 valence electrons. The second-order valence-corrected chi connectivity index (χ2v) is 8.34. The van der Waals surface area contributed by atoms with Crippen molar-refractivity contribution in [3.05, 3.63) is 82.9 Å². The van der Waals surface area contributed by atoms with Gasteiger partial charge in [0.1, 0.15) is 0 Å². The van der Waals surface area contributed by atoms with Crippen molar-refractivity contribution in [3.63, 3.8) is 0 Å². The molecule has 0 amide bonds. The monoisotopic (exact) mass is 402 g/mol.